The maximum absolute atomic E-state index is 8.84. The predicted octanol–water partition coefficient (Wildman–Crippen LogP) is 5.04. The molecule has 0 heterocycles. The quantitative estimate of drug-likeness (QED) is 0.749. The third-order valence-electron chi connectivity index (χ3n) is 5.16. The van der Waals surface area contributed by atoms with Crippen LogP contribution in [0.15, 0.2) is 48.5 Å². The number of hydrogen-bond donors (Lipinski definition) is 0. The lowest BCUT2D eigenvalue weighted by Gasteiger charge is -2.07. The smallest absolute Gasteiger partial charge is 0.119 e. The van der Waals surface area contributed by atoms with Crippen LogP contribution in [0.1, 0.15) is 31.2 Å². The second kappa shape index (κ2) is 6.08. The van der Waals surface area contributed by atoms with E-state index in [-0.39, 0.29) is 0 Å². The molecule has 0 aromatic heterocycles. The lowest BCUT2D eigenvalue weighted by Crippen LogP contribution is -1.99. The van der Waals surface area contributed by atoms with Crippen molar-refractivity contribution in [1.29, 1.82) is 5.26 Å². The highest BCUT2D eigenvalue weighted by Gasteiger charge is 2.46. The maximum atomic E-state index is 8.84. The number of ether oxygens (including phenoxy) is 1. The lowest BCUT2D eigenvalue weighted by molar-refractivity contribution is 0.297. The molecule has 0 amide bonds. The molecule has 2 aliphatic carbocycles. The number of rotatable bonds is 6. The van der Waals surface area contributed by atoms with Crippen LogP contribution in [0.2, 0.25) is 0 Å². The number of nitrogens with zero attached hydrogens (tertiary/aromatic N) is 1. The fraction of sp³-hybridized carbons (Fsp3) is 0.381. The van der Waals surface area contributed by atoms with E-state index in [2.05, 4.69) is 18.2 Å². The molecule has 4 rings (SSSR count). The van der Waals surface area contributed by atoms with Crippen molar-refractivity contribution >= 4 is 0 Å². The van der Waals surface area contributed by atoms with Gasteiger partial charge in [0, 0.05) is 0 Å². The summed E-state index contributed by atoms with van der Waals surface area (Å²) in [6.07, 6.45) is 5.59. The second-order valence-electron chi connectivity index (χ2n) is 6.85. The van der Waals surface area contributed by atoms with E-state index < -0.39 is 0 Å². The summed E-state index contributed by atoms with van der Waals surface area (Å²) in [7, 11) is 0. The average molecular weight is 303 g/mol. The van der Waals surface area contributed by atoms with E-state index in [4.69, 9.17) is 10.00 Å². The molecule has 0 bridgehead atoms. The van der Waals surface area contributed by atoms with E-state index in [9.17, 15) is 0 Å². The van der Waals surface area contributed by atoms with Gasteiger partial charge in [0.1, 0.15) is 5.75 Å². The van der Waals surface area contributed by atoms with Crippen molar-refractivity contribution in [3.05, 3.63) is 54.1 Å². The van der Waals surface area contributed by atoms with Crippen LogP contribution in [0, 0.1) is 29.1 Å². The molecule has 2 aromatic rings. The van der Waals surface area contributed by atoms with Gasteiger partial charge in [0.2, 0.25) is 0 Å². The first kappa shape index (κ1) is 14.3. The molecule has 2 aliphatic rings. The van der Waals surface area contributed by atoms with E-state index >= 15 is 0 Å². The number of nitriles is 1. The van der Waals surface area contributed by atoms with Crippen molar-refractivity contribution in [2.45, 2.75) is 25.7 Å². The molecule has 23 heavy (non-hydrogen) atoms. The molecular formula is C21H21NO. The Morgan fingerprint density at radius 2 is 1.61 bits per heavy atom. The van der Waals surface area contributed by atoms with Gasteiger partial charge < -0.3 is 4.74 Å². The van der Waals surface area contributed by atoms with Crippen molar-refractivity contribution in [1.82, 2.24) is 0 Å². The molecular weight excluding hydrogens is 282 g/mol. The fourth-order valence-electron chi connectivity index (χ4n) is 3.51. The summed E-state index contributed by atoms with van der Waals surface area (Å²) in [5.41, 5.74) is 2.97. The Balaban J connectivity index is 1.29. The van der Waals surface area contributed by atoms with Crippen LogP contribution < -0.4 is 4.74 Å². The third kappa shape index (κ3) is 3.40. The standard InChI is InChI=1S/C21H21NO/c22-14-15-1-3-16(4-2-15)17-7-9-20(10-8-17)23-12-11-19-13-21(19)18-5-6-18/h1-4,7-10,18-19,21H,5-6,11-13H2/t19-,21+/m1/s1. The van der Waals surface area contributed by atoms with Gasteiger partial charge in [-0.05, 0) is 78.8 Å². The third-order valence-corrected chi connectivity index (χ3v) is 5.16. The van der Waals surface area contributed by atoms with Crippen LogP contribution in [0.3, 0.4) is 0 Å². The van der Waals surface area contributed by atoms with Crippen molar-refractivity contribution in [3.63, 3.8) is 0 Å². The Hall–Kier alpha value is -2.27. The minimum absolute atomic E-state index is 0.693. The van der Waals surface area contributed by atoms with Gasteiger partial charge in [0.15, 0.2) is 0 Å². The van der Waals surface area contributed by atoms with E-state index in [1.54, 1.807) is 0 Å². The predicted molar refractivity (Wildman–Crippen MR) is 91.0 cm³/mol. The van der Waals surface area contributed by atoms with Gasteiger partial charge in [0.25, 0.3) is 0 Å². The topological polar surface area (TPSA) is 33.0 Å². The minimum atomic E-state index is 0.693. The summed E-state index contributed by atoms with van der Waals surface area (Å²) < 4.78 is 5.89. The molecule has 2 fully saturated rings. The van der Waals surface area contributed by atoms with Gasteiger partial charge in [-0.15, -0.1) is 0 Å². The van der Waals surface area contributed by atoms with Crippen LogP contribution in [0.4, 0.5) is 0 Å². The molecule has 2 saturated carbocycles. The van der Waals surface area contributed by atoms with E-state index in [0.717, 1.165) is 41.2 Å². The molecule has 0 aliphatic heterocycles. The van der Waals surface area contributed by atoms with E-state index in [0.29, 0.717) is 5.56 Å². The molecule has 0 radical (unpaired) electrons. The van der Waals surface area contributed by atoms with E-state index in [1.807, 2.05) is 36.4 Å². The van der Waals surface area contributed by atoms with Crippen LogP contribution in [0.25, 0.3) is 11.1 Å². The molecule has 2 nitrogen and oxygen atoms in total. The van der Waals surface area contributed by atoms with Crippen LogP contribution >= 0.6 is 0 Å². The van der Waals surface area contributed by atoms with Crippen molar-refractivity contribution < 1.29 is 4.74 Å². The SMILES string of the molecule is N#Cc1ccc(-c2ccc(OCC[C@@H]3C[C@H]3C3CC3)cc2)cc1. The molecule has 2 aromatic carbocycles. The van der Waals surface area contributed by atoms with E-state index in [1.165, 1.54) is 25.7 Å². The monoisotopic (exact) mass is 303 g/mol. The van der Waals surface area contributed by atoms with Gasteiger partial charge in [-0.25, -0.2) is 0 Å². The summed E-state index contributed by atoms with van der Waals surface area (Å²) in [5.74, 6) is 3.97. The molecule has 0 unspecified atom stereocenters. The normalized spacial score (nSPS) is 22.4. The van der Waals surface area contributed by atoms with Crippen molar-refractivity contribution in [3.8, 4) is 22.9 Å². The summed E-state index contributed by atoms with van der Waals surface area (Å²) in [6, 6.07) is 18.1. The average Bonchev–Trinajstić information content (AvgIpc) is 3.49. The van der Waals surface area contributed by atoms with Crippen molar-refractivity contribution in [2.75, 3.05) is 6.61 Å². The Morgan fingerprint density at radius 1 is 0.957 bits per heavy atom. The van der Waals surface area contributed by atoms with Gasteiger partial charge >= 0.3 is 0 Å². The Kier molecular flexibility index (Phi) is 3.79. The summed E-state index contributed by atoms with van der Waals surface area (Å²) in [5, 5.41) is 8.84. The molecule has 0 spiro atoms. The number of benzene rings is 2. The van der Waals surface area contributed by atoms with Gasteiger partial charge in [-0.2, -0.15) is 5.26 Å². The number of hydrogen-bond acceptors (Lipinski definition) is 2. The molecule has 2 heteroatoms. The zero-order valence-corrected chi connectivity index (χ0v) is 13.2. The first-order valence-corrected chi connectivity index (χ1v) is 8.57. The second-order valence-corrected chi connectivity index (χ2v) is 6.85. The highest BCUT2D eigenvalue weighted by molar-refractivity contribution is 5.64. The molecule has 0 N–H and O–H groups in total. The molecule has 0 saturated heterocycles. The molecule has 2 atom stereocenters. The van der Waals surface area contributed by atoms with Gasteiger partial charge in [-0.3, -0.25) is 0 Å². The van der Waals surface area contributed by atoms with Gasteiger partial charge in [-0.1, -0.05) is 24.3 Å². The summed E-state index contributed by atoms with van der Waals surface area (Å²) in [4.78, 5) is 0. The summed E-state index contributed by atoms with van der Waals surface area (Å²) in [6.45, 7) is 0.837. The lowest BCUT2D eigenvalue weighted by atomic mass is 10.0. The van der Waals surface area contributed by atoms with Crippen LogP contribution in [-0.4, -0.2) is 6.61 Å². The fourth-order valence-corrected chi connectivity index (χ4v) is 3.51. The first-order chi connectivity index (χ1) is 11.3. The summed E-state index contributed by atoms with van der Waals surface area (Å²) >= 11 is 0. The van der Waals surface area contributed by atoms with Crippen molar-refractivity contribution in [2.24, 2.45) is 17.8 Å². The first-order valence-electron chi connectivity index (χ1n) is 8.57. The Labute approximate surface area is 137 Å². The Bertz CT molecular complexity index is 707. The minimum Gasteiger partial charge on any atom is -0.494 e. The van der Waals surface area contributed by atoms with Gasteiger partial charge in [0.05, 0.1) is 18.2 Å². The maximum Gasteiger partial charge on any atom is 0.119 e. The van der Waals surface area contributed by atoms with Crippen LogP contribution in [0.5, 0.6) is 5.75 Å². The Morgan fingerprint density at radius 3 is 2.22 bits per heavy atom. The highest BCUT2D eigenvalue weighted by Crippen LogP contribution is 2.55. The van der Waals surface area contributed by atoms with Crippen LogP contribution in [-0.2, 0) is 0 Å². The molecule has 116 valence electrons. The zero-order chi connectivity index (χ0) is 15.6. The zero-order valence-electron chi connectivity index (χ0n) is 13.2. The highest BCUT2D eigenvalue weighted by atomic mass is 16.5. The largest absolute Gasteiger partial charge is 0.494 e.